The van der Waals surface area contributed by atoms with E-state index in [2.05, 4.69) is 0 Å². The highest BCUT2D eigenvalue weighted by atomic mass is 32.2. The molecule has 0 spiro atoms. The van der Waals surface area contributed by atoms with Crippen molar-refractivity contribution in [1.82, 2.24) is 9.21 Å². The molecular formula is C29H38N2O5S. The Kier molecular flexibility index (Phi) is 7.88. The minimum absolute atomic E-state index is 0.0760. The maximum atomic E-state index is 13.4. The Morgan fingerprint density at radius 2 is 1.70 bits per heavy atom. The first kappa shape index (κ1) is 26.2. The summed E-state index contributed by atoms with van der Waals surface area (Å²) in [6.07, 6.45) is 3.26. The van der Waals surface area contributed by atoms with Crippen molar-refractivity contribution in [3.8, 4) is 0 Å². The van der Waals surface area contributed by atoms with Gasteiger partial charge in [-0.2, -0.15) is 4.31 Å². The molecule has 200 valence electrons. The largest absolute Gasteiger partial charge is 0.445 e. The third-order valence-corrected chi connectivity index (χ3v) is 10.3. The van der Waals surface area contributed by atoms with Crippen LogP contribution in [0.4, 0.5) is 4.79 Å². The van der Waals surface area contributed by atoms with Crippen LogP contribution in [0.1, 0.15) is 42.4 Å². The van der Waals surface area contributed by atoms with Crippen LogP contribution in [0.15, 0.2) is 53.4 Å². The second kappa shape index (κ2) is 11.1. The van der Waals surface area contributed by atoms with Gasteiger partial charge in [0.25, 0.3) is 0 Å². The van der Waals surface area contributed by atoms with Gasteiger partial charge >= 0.3 is 6.09 Å². The topological polar surface area (TPSA) is 76.2 Å². The molecule has 5 rings (SSSR count). The van der Waals surface area contributed by atoms with Crippen molar-refractivity contribution in [3.05, 3.63) is 65.2 Å². The summed E-state index contributed by atoms with van der Waals surface area (Å²) in [6, 6.07) is 15.3. The Morgan fingerprint density at radius 3 is 2.35 bits per heavy atom. The summed E-state index contributed by atoms with van der Waals surface area (Å²) in [5.74, 6) is 0.911. The number of sulfonamides is 1. The summed E-state index contributed by atoms with van der Waals surface area (Å²) in [5, 5.41) is 0. The summed E-state index contributed by atoms with van der Waals surface area (Å²) >= 11 is 0. The molecule has 3 atom stereocenters. The van der Waals surface area contributed by atoms with Crippen molar-refractivity contribution in [3.63, 3.8) is 0 Å². The van der Waals surface area contributed by atoms with Gasteiger partial charge in [0.05, 0.1) is 4.90 Å². The molecule has 0 N–H and O–H groups in total. The van der Waals surface area contributed by atoms with Crippen LogP contribution in [0.25, 0.3) is 0 Å². The Balaban J connectivity index is 1.26. The van der Waals surface area contributed by atoms with E-state index >= 15 is 0 Å². The van der Waals surface area contributed by atoms with Gasteiger partial charge in [0.1, 0.15) is 6.61 Å². The van der Waals surface area contributed by atoms with Gasteiger partial charge in [0.15, 0.2) is 0 Å². The van der Waals surface area contributed by atoms with Gasteiger partial charge in [-0.15, -0.1) is 0 Å². The zero-order chi connectivity index (χ0) is 26.0. The van der Waals surface area contributed by atoms with E-state index in [0.717, 1.165) is 55.6 Å². The normalized spacial score (nSPS) is 24.6. The van der Waals surface area contributed by atoms with Gasteiger partial charge in [-0.1, -0.05) is 48.0 Å². The number of hydrogen-bond acceptors (Lipinski definition) is 5. The fraction of sp³-hybridized carbons (Fsp3) is 0.552. The zero-order valence-corrected chi connectivity index (χ0v) is 22.7. The number of benzene rings is 2. The molecule has 3 fully saturated rings. The molecule has 0 radical (unpaired) electrons. The molecule has 1 aliphatic carbocycles. The van der Waals surface area contributed by atoms with Gasteiger partial charge < -0.3 is 14.4 Å². The molecule has 7 nitrogen and oxygen atoms in total. The number of nitrogens with zero attached hydrogens (tertiary/aromatic N) is 2. The van der Waals surface area contributed by atoms with Crippen molar-refractivity contribution in [2.75, 3.05) is 32.8 Å². The fourth-order valence-electron chi connectivity index (χ4n) is 6.29. The van der Waals surface area contributed by atoms with E-state index in [0.29, 0.717) is 30.4 Å². The van der Waals surface area contributed by atoms with Crippen molar-refractivity contribution in [2.45, 2.75) is 57.1 Å². The second-order valence-corrected chi connectivity index (χ2v) is 12.9. The Bertz CT molecular complexity index is 1180. The van der Waals surface area contributed by atoms with Crippen LogP contribution in [0.5, 0.6) is 0 Å². The predicted molar refractivity (Wildman–Crippen MR) is 142 cm³/mol. The van der Waals surface area contributed by atoms with E-state index < -0.39 is 10.0 Å². The molecule has 2 heterocycles. The summed E-state index contributed by atoms with van der Waals surface area (Å²) in [5.41, 5.74) is 2.82. The van der Waals surface area contributed by atoms with E-state index in [9.17, 15) is 13.2 Å². The number of fused-ring (bicyclic) bond motifs is 1. The standard InChI is InChI=1S/C29H38N2O5S/c1-21-8-9-28(22(2)14-21)37(33,34)30-18-25-15-27(16-26(25)19-30)31(17-23-10-12-35-13-11-23)29(32)36-20-24-6-4-3-5-7-24/h3-9,14,23,25-27H,10-13,15-20H2,1-2H3/t25-,26+,27?. The molecule has 0 bridgehead atoms. The van der Waals surface area contributed by atoms with Crippen molar-refractivity contribution in [1.29, 1.82) is 0 Å². The molecule has 1 unspecified atom stereocenters. The van der Waals surface area contributed by atoms with Crippen molar-refractivity contribution in [2.24, 2.45) is 17.8 Å². The van der Waals surface area contributed by atoms with Gasteiger partial charge in [-0.25, -0.2) is 13.2 Å². The molecular weight excluding hydrogens is 488 g/mol. The predicted octanol–water partition coefficient (Wildman–Crippen LogP) is 4.77. The lowest BCUT2D eigenvalue weighted by Crippen LogP contribution is -2.44. The highest BCUT2D eigenvalue weighted by molar-refractivity contribution is 7.89. The van der Waals surface area contributed by atoms with Crippen LogP contribution in [-0.4, -0.2) is 62.6 Å². The highest BCUT2D eigenvalue weighted by Crippen LogP contribution is 2.43. The molecule has 2 aromatic carbocycles. The number of rotatable bonds is 7. The van der Waals surface area contributed by atoms with Crippen LogP contribution < -0.4 is 0 Å². The SMILES string of the molecule is Cc1ccc(S(=O)(=O)N2C[C@H]3CC(N(CC4CCOCC4)C(=O)OCc4ccccc4)C[C@H]3C2)c(C)c1. The first-order valence-electron chi connectivity index (χ1n) is 13.4. The Morgan fingerprint density at radius 1 is 1.03 bits per heavy atom. The molecule has 2 saturated heterocycles. The van der Waals surface area contributed by atoms with E-state index in [1.165, 1.54) is 0 Å². The van der Waals surface area contributed by atoms with E-state index in [1.54, 1.807) is 10.4 Å². The van der Waals surface area contributed by atoms with Crippen LogP contribution >= 0.6 is 0 Å². The number of ether oxygens (including phenoxy) is 2. The van der Waals surface area contributed by atoms with E-state index in [4.69, 9.17) is 9.47 Å². The Labute approximate surface area is 220 Å². The van der Waals surface area contributed by atoms with Crippen molar-refractivity contribution >= 4 is 16.1 Å². The maximum absolute atomic E-state index is 13.4. The summed E-state index contributed by atoms with van der Waals surface area (Å²) in [4.78, 5) is 15.7. The molecule has 3 aliphatic rings. The van der Waals surface area contributed by atoms with Crippen LogP contribution in [-0.2, 0) is 26.1 Å². The monoisotopic (exact) mass is 526 g/mol. The van der Waals surface area contributed by atoms with Crippen LogP contribution in [0.2, 0.25) is 0 Å². The number of carbonyl (C=O) groups excluding carboxylic acids is 1. The summed E-state index contributed by atoms with van der Waals surface area (Å²) in [6.45, 7) is 7.26. The molecule has 2 aliphatic heterocycles. The number of aryl methyl sites for hydroxylation is 2. The average Bonchev–Trinajstić information content (AvgIpc) is 3.47. The molecule has 1 saturated carbocycles. The van der Waals surface area contributed by atoms with Gasteiger partial charge in [-0.3, -0.25) is 0 Å². The Hall–Kier alpha value is -2.42. The summed E-state index contributed by atoms with van der Waals surface area (Å²) in [7, 11) is -3.53. The van der Waals surface area contributed by atoms with Gasteiger partial charge in [-0.05, 0) is 74.5 Å². The molecule has 0 aromatic heterocycles. The second-order valence-electron chi connectivity index (χ2n) is 11.0. The number of amides is 1. The molecule has 2 aromatic rings. The smallest absolute Gasteiger partial charge is 0.410 e. The molecule has 37 heavy (non-hydrogen) atoms. The third kappa shape index (κ3) is 5.86. The minimum atomic E-state index is -3.53. The van der Waals surface area contributed by atoms with Gasteiger partial charge in [0.2, 0.25) is 10.0 Å². The van der Waals surface area contributed by atoms with Gasteiger partial charge in [0, 0.05) is 38.9 Å². The first-order valence-corrected chi connectivity index (χ1v) is 14.9. The van der Waals surface area contributed by atoms with Crippen molar-refractivity contribution < 1.29 is 22.7 Å². The third-order valence-electron chi connectivity index (χ3n) is 8.32. The number of carbonyl (C=O) groups is 1. The molecule has 8 heteroatoms. The number of hydrogen-bond donors (Lipinski definition) is 0. The van der Waals surface area contributed by atoms with Crippen LogP contribution in [0, 0.1) is 31.6 Å². The van der Waals surface area contributed by atoms with E-state index in [-0.39, 0.29) is 30.6 Å². The van der Waals surface area contributed by atoms with E-state index in [1.807, 2.05) is 61.2 Å². The fourth-order valence-corrected chi connectivity index (χ4v) is 8.04. The minimum Gasteiger partial charge on any atom is -0.445 e. The quantitative estimate of drug-likeness (QED) is 0.520. The lowest BCUT2D eigenvalue weighted by Gasteiger charge is -2.34. The maximum Gasteiger partial charge on any atom is 0.410 e. The highest BCUT2D eigenvalue weighted by Gasteiger charge is 2.47. The van der Waals surface area contributed by atoms with Crippen LogP contribution in [0.3, 0.4) is 0 Å². The first-order chi connectivity index (χ1) is 17.8. The summed E-state index contributed by atoms with van der Waals surface area (Å²) < 4.78 is 39.8. The zero-order valence-electron chi connectivity index (χ0n) is 21.8. The average molecular weight is 527 g/mol. The lowest BCUT2D eigenvalue weighted by molar-refractivity contribution is 0.0351. The lowest BCUT2D eigenvalue weighted by atomic mass is 9.98. The molecule has 1 amide bonds.